The number of nitrogens with one attached hydrogen (secondary N) is 2. The summed E-state index contributed by atoms with van der Waals surface area (Å²) in [4.78, 5) is 4.51. The second-order valence-corrected chi connectivity index (χ2v) is 7.80. The van der Waals surface area contributed by atoms with Crippen molar-refractivity contribution in [3.05, 3.63) is 60.0 Å². The molecule has 6 nitrogen and oxygen atoms in total. The van der Waals surface area contributed by atoms with Gasteiger partial charge in [0.1, 0.15) is 0 Å². The highest BCUT2D eigenvalue weighted by Gasteiger charge is 2.16. The van der Waals surface area contributed by atoms with Crippen molar-refractivity contribution in [3.63, 3.8) is 0 Å². The topological polar surface area (TPSA) is 76.0 Å². The van der Waals surface area contributed by atoms with Crippen LogP contribution in [0.1, 0.15) is 0 Å². The summed E-state index contributed by atoms with van der Waals surface area (Å²) >= 11 is 6.03. The highest BCUT2D eigenvalue weighted by Crippen LogP contribution is 2.32. The fraction of sp³-hybridized carbons (Fsp3) is 0.118. The van der Waals surface area contributed by atoms with Crippen LogP contribution in [0.4, 0.5) is 11.4 Å². The second kappa shape index (κ2) is 6.87. The molecule has 130 valence electrons. The van der Waals surface area contributed by atoms with Crippen molar-refractivity contribution < 1.29 is 8.42 Å². The molecule has 2 N–H and O–H groups in total. The van der Waals surface area contributed by atoms with Gasteiger partial charge in [-0.05, 0) is 43.4 Å². The van der Waals surface area contributed by atoms with Gasteiger partial charge in [-0.1, -0.05) is 17.7 Å². The Bertz CT molecular complexity index is 1010. The maximum absolute atomic E-state index is 12.1. The predicted octanol–water partition coefficient (Wildman–Crippen LogP) is 3.39. The lowest BCUT2D eigenvalue weighted by Gasteiger charge is -2.13. The Balaban J connectivity index is 2.11. The van der Waals surface area contributed by atoms with E-state index in [1.165, 1.54) is 7.05 Å². The van der Waals surface area contributed by atoms with Gasteiger partial charge in [0.15, 0.2) is 0 Å². The molecule has 0 aliphatic rings. The number of nitrogens with zero attached hydrogens (tertiary/aromatic N) is 2. The number of hydrogen-bond donors (Lipinski definition) is 2. The van der Waals surface area contributed by atoms with Gasteiger partial charge in [0.25, 0.3) is 0 Å². The number of rotatable bonds is 5. The normalized spacial score (nSPS) is 11.5. The summed E-state index contributed by atoms with van der Waals surface area (Å²) in [5.41, 5.74) is 2.88. The summed E-state index contributed by atoms with van der Waals surface area (Å²) in [6, 6.07) is 12.2. The number of anilines is 2. The molecule has 0 unspecified atom stereocenters. The van der Waals surface area contributed by atoms with E-state index >= 15 is 0 Å². The summed E-state index contributed by atoms with van der Waals surface area (Å²) in [6.45, 7) is 0. The minimum Gasteiger partial charge on any atom is -0.355 e. The van der Waals surface area contributed by atoms with Crippen molar-refractivity contribution in [3.8, 4) is 11.3 Å². The third kappa shape index (κ3) is 3.84. The Morgan fingerprint density at radius 1 is 1.16 bits per heavy atom. The first-order chi connectivity index (χ1) is 11.9. The van der Waals surface area contributed by atoms with Crippen molar-refractivity contribution in [2.24, 2.45) is 7.05 Å². The van der Waals surface area contributed by atoms with Gasteiger partial charge in [0, 0.05) is 35.2 Å². The quantitative estimate of drug-likeness (QED) is 0.715. The molecule has 0 saturated carbocycles. The molecule has 0 amide bonds. The summed E-state index contributed by atoms with van der Waals surface area (Å²) in [7, 11) is -0.313. The fourth-order valence-corrected chi connectivity index (χ4v) is 3.35. The van der Waals surface area contributed by atoms with Crippen molar-refractivity contribution >= 4 is 33.0 Å². The van der Waals surface area contributed by atoms with E-state index in [4.69, 9.17) is 11.6 Å². The molecule has 1 aromatic heterocycles. The molecule has 0 saturated heterocycles. The van der Waals surface area contributed by atoms with Crippen LogP contribution in [0.2, 0.25) is 5.02 Å². The Hall–Kier alpha value is -2.35. The van der Waals surface area contributed by atoms with Gasteiger partial charge in [-0.15, -0.1) is 0 Å². The molecule has 0 aliphatic heterocycles. The molecule has 8 heteroatoms. The zero-order valence-corrected chi connectivity index (χ0v) is 15.3. The third-order valence-corrected chi connectivity index (χ3v) is 5.30. The Morgan fingerprint density at radius 3 is 2.60 bits per heavy atom. The van der Waals surface area contributed by atoms with Gasteiger partial charge >= 0.3 is 0 Å². The van der Waals surface area contributed by atoms with Crippen LogP contribution in [0.25, 0.3) is 11.3 Å². The van der Waals surface area contributed by atoms with Gasteiger partial charge in [-0.2, -0.15) is 0 Å². The number of sulfonamides is 1. The molecular formula is C17H17ClN4O2S. The van der Waals surface area contributed by atoms with E-state index in [0.717, 1.165) is 11.4 Å². The van der Waals surface area contributed by atoms with Crippen LogP contribution < -0.4 is 10.0 Å². The number of aryl methyl sites for hydroxylation is 1. The molecule has 3 rings (SSSR count). The average Bonchev–Trinajstić information content (AvgIpc) is 3.01. The minimum absolute atomic E-state index is 0.173. The van der Waals surface area contributed by atoms with Gasteiger partial charge < -0.3 is 9.88 Å². The largest absolute Gasteiger partial charge is 0.355 e. The number of imidazole rings is 1. The summed E-state index contributed by atoms with van der Waals surface area (Å²) in [5, 5.41) is 3.88. The first-order valence-electron chi connectivity index (χ1n) is 7.47. The lowest BCUT2D eigenvalue weighted by atomic mass is 10.1. The molecule has 1 heterocycles. The van der Waals surface area contributed by atoms with Crippen molar-refractivity contribution in [1.29, 1.82) is 0 Å². The van der Waals surface area contributed by atoms with E-state index in [9.17, 15) is 8.42 Å². The van der Waals surface area contributed by atoms with Crippen molar-refractivity contribution in [2.45, 2.75) is 4.90 Å². The smallest absolute Gasteiger partial charge is 0.240 e. The molecule has 0 fully saturated rings. The minimum atomic E-state index is -3.55. The zero-order chi connectivity index (χ0) is 18.0. The average molecular weight is 377 g/mol. The molecule has 0 atom stereocenters. The molecule has 0 spiro atoms. The summed E-state index contributed by atoms with van der Waals surface area (Å²) < 4.78 is 28.4. The molecular weight excluding hydrogens is 360 g/mol. The summed E-state index contributed by atoms with van der Waals surface area (Å²) in [5.74, 6) is 0. The van der Waals surface area contributed by atoms with Gasteiger partial charge in [0.05, 0.1) is 16.9 Å². The molecule has 0 aliphatic carbocycles. The van der Waals surface area contributed by atoms with Crippen molar-refractivity contribution in [2.75, 3.05) is 12.4 Å². The molecule has 2 aromatic carbocycles. The third-order valence-electron chi connectivity index (χ3n) is 3.65. The van der Waals surface area contributed by atoms with Crippen LogP contribution in [0.15, 0.2) is 59.9 Å². The van der Waals surface area contributed by atoms with Crippen LogP contribution in [0.5, 0.6) is 0 Å². The number of halogens is 1. The van der Waals surface area contributed by atoms with Gasteiger partial charge in [-0.3, -0.25) is 0 Å². The van der Waals surface area contributed by atoms with E-state index in [-0.39, 0.29) is 4.90 Å². The Labute approximate surface area is 151 Å². The first-order valence-corrected chi connectivity index (χ1v) is 9.34. The molecule has 0 bridgehead atoms. The number of aromatic nitrogens is 2. The van der Waals surface area contributed by atoms with Gasteiger partial charge in [-0.25, -0.2) is 18.1 Å². The van der Waals surface area contributed by atoms with E-state index in [0.29, 0.717) is 16.3 Å². The molecule has 0 radical (unpaired) electrons. The van der Waals surface area contributed by atoms with E-state index in [1.54, 1.807) is 41.2 Å². The molecule has 25 heavy (non-hydrogen) atoms. The van der Waals surface area contributed by atoms with Crippen LogP contribution in [-0.2, 0) is 17.1 Å². The zero-order valence-electron chi connectivity index (χ0n) is 13.7. The highest BCUT2D eigenvalue weighted by molar-refractivity contribution is 7.89. The van der Waals surface area contributed by atoms with Gasteiger partial charge in [0.2, 0.25) is 10.0 Å². The van der Waals surface area contributed by atoms with Crippen LogP contribution in [0, 0.1) is 0 Å². The fourth-order valence-electron chi connectivity index (χ4n) is 2.40. The maximum atomic E-state index is 12.1. The lowest BCUT2D eigenvalue weighted by molar-refractivity contribution is 0.588. The Kier molecular flexibility index (Phi) is 4.80. The summed E-state index contributed by atoms with van der Waals surface area (Å²) in [6.07, 6.45) is 3.49. The lowest BCUT2D eigenvalue weighted by Crippen LogP contribution is -2.18. The SMILES string of the molecule is CNS(=O)(=O)c1ccc(Nc2cccc(Cl)c2)c(-c2cn(C)cn2)c1. The van der Waals surface area contributed by atoms with Crippen molar-refractivity contribution in [1.82, 2.24) is 14.3 Å². The predicted molar refractivity (Wildman–Crippen MR) is 99.6 cm³/mol. The maximum Gasteiger partial charge on any atom is 0.240 e. The van der Waals surface area contributed by atoms with Crippen LogP contribution in [-0.4, -0.2) is 25.0 Å². The monoisotopic (exact) mass is 376 g/mol. The standard InChI is InChI=1S/C17H17ClN4O2S/c1-19-25(23,24)14-6-7-16(21-13-5-3-4-12(18)8-13)15(9-14)17-10-22(2)11-20-17/h3-11,19,21H,1-2H3. The van der Waals surface area contributed by atoms with Crippen LogP contribution >= 0.6 is 11.6 Å². The second-order valence-electron chi connectivity index (χ2n) is 5.47. The number of hydrogen-bond acceptors (Lipinski definition) is 4. The Morgan fingerprint density at radius 2 is 1.96 bits per heavy atom. The van der Waals surface area contributed by atoms with E-state index < -0.39 is 10.0 Å². The van der Waals surface area contributed by atoms with E-state index in [2.05, 4.69) is 15.0 Å². The highest BCUT2D eigenvalue weighted by atomic mass is 35.5. The molecule has 3 aromatic rings. The van der Waals surface area contributed by atoms with E-state index in [1.807, 2.05) is 25.4 Å². The van der Waals surface area contributed by atoms with Crippen LogP contribution in [0.3, 0.4) is 0 Å². The first kappa shape index (κ1) is 17.5. The number of benzene rings is 2.